The number of benzene rings is 4. The Morgan fingerprint density at radius 2 is 0.718 bits per heavy atom. The van der Waals surface area contributed by atoms with E-state index < -0.39 is 0 Å². The monoisotopic (exact) mass is 516 g/mol. The number of rotatable bonds is 8. The Balaban J connectivity index is 0.938. The summed E-state index contributed by atoms with van der Waals surface area (Å²) in [6.45, 7) is 4.48. The third-order valence-corrected chi connectivity index (χ3v) is 10.4. The lowest BCUT2D eigenvalue weighted by Crippen LogP contribution is -2.22. The van der Waals surface area contributed by atoms with Gasteiger partial charge in [0.15, 0.2) is 0 Å². The maximum atomic E-state index is 2.46. The van der Waals surface area contributed by atoms with Gasteiger partial charge in [-0.05, 0) is 125 Å². The van der Waals surface area contributed by atoms with E-state index in [2.05, 4.69) is 86.6 Å². The summed E-state index contributed by atoms with van der Waals surface area (Å²) in [5, 5.41) is 5.64. The van der Waals surface area contributed by atoms with Gasteiger partial charge in [-0.3, -0.25) is 0 Å². The molecule has 0 amide bonds. The molecule has 0 aromatic heterocycles. The van der Waals surface area contributed by atoms with Crippen LogP contribution in [0.2, 0.25) is 0 Å². The molecule has 6 rings (SSSR count). The summed E-state index contributed by atoms with van der Waals surface area (Å²) in [7, 11) is 0. The van der Waals surface area contributed by atoms with Gasteiger partial charge in [-0.15, -0.1) is 0 Å². The molecule has 0 nitrogen and oxygen atoms in total. The summed E-state index contributed by atoms with van der Waals surface area (Å²) in [5.74, 6) is 3.75. The van der Waals surface area contributed by atoms with Crippen LogP contribution in [0.3, 0.4) is 0 Å². The van der Waals surface area contributed by atoms with Crippen molar-refractivity contribution in [2.24, 2.45) is 23.7 Å². The second-order valence-corrected chi connectivity index (χ2v) is 13.2. The molecule has 0 heteroatoms. The average Bonchev–Trinajstić information content (AvgIpc) is 2.98. The van der Waals surface area contributed by atoms with Crippen LogP contribution in [0.4, 0.5) is 0 Å². The zero-order chi connectivity index (χ0) is 26.6. The van der Waals surface area contributed by atoms with Crippen LogP contribution in [-0.2, 0) is 25.7 Å². The first-order chi connectivity index (χ1) is 19.1. The van der Waals surface area contributed by atoms with Gasteiger partial charge in [0.1, 0.15) is 0 Å². The predicted octanol–water partition coefficient (Wildman–Crippen LogP) is 10.9. The molecule has 2 saturated carbocycles. The van der Waals surface area contributed by atoms with Crippen molar-refractivity contribution >= 4 is 21.5 Å². The molecule has 0 unspecified atom stereocenters. The zero-order valence-corrected chi connectivity index (χ0v) is 24.4. The van der Waals surface area contributed by atoms with Gasteiger partial charge in [-0.1, -0.05) is 112 Å². The molecule has 0 bridgehead atoms. The lowest BCUT2D eigenvalue weighted by atomic mass is 9.72. The smallest absolute Gasteiger partial charge is 0.0181 e. The molecule has 0 spiro atoms. The topological polar surface area (TPSA) is 0 Å². The Hall–Kier alpha value is -2.60. The predicted molar refractivity (Wildman–Crippen MR) is 170 cm³/mol. The maximum Gasteiger partial charge on any atom is -0.0181 e. The Bertz CT molecular complexity index is 1270. The second kappa shape index (κ2) is 12.3. The van der Waals surface area contributed by atoms with Crippen molar-refractivity contribution in [1.82, 2.24) is 0 Å². The van der Waals surface area contributed by atoms with Gasteiger partial charge in [0.25, 0.3) is 0 Å². The van der Waals surface area contributed by atoms with E-state index in [1.165, 1.54) is 103 Å². The van der Waals surface area contributed by atoms with Gasteiger partial charge in [0, 0.05) is 0 Å². The van der Waals surface area contributed by atoms with Gasteiger partial charge >= 0.3 is 0 Å². The van der Waals surface area contributed by atoms with Crippen LogP contribution in [-0.4, -0.2) is 0 Å². The fraction of sp³-hybridized carbons (Fsp3) is 0.487. The molecule has 204 valence electrons. The zero-order valence-electron chi connectivity index (χ0n) is 24.4. The van der Waals surface area contributed by atoms with Crippen LogP contribution in [0.1, 0.15) is 93.9 Å². The van der Waals surface area contributed by atoms with Crippen molar-refractivity contribution in [2.45, 2.75) is 97.3 Å². The van der Waals surface area contributed by atoms with E-state index in [1.807, 2.05) is 0 Å². The first-order valence-corrected chi connectivity index (χ1v) is 16.2. The molecule has 0 saturated heterocycles. The molecule has 4 aromatic carbocycles. The van der Waals surface area contributed by atoms with E-state index in [0.717, 1.165) is 36.5 Å². The van der Waals surface area contributed by atoms with E-state index in [-0.39, 0.29) is 0 Å². The Labute approximate surface area is 237 Å². The highest BCUT2D eigenvalue weighted by Crippen LogP contribution is 2.40. The molecule has 0 atom stereocenters. The molecule has 39 heavy (non-hydrogen) atoms. The van der Waals surface area contributed by atoms with Gasteiger partial charge in [0.05, 0.1) is 0 Å². The highest BCUT2D eigenvalue weighted by atomic mass is 14.3. The van der Waals surface area contributed by atoms with E-state index in [0.29, 0.717) is 0 Å². The summed E-state index contributed by atoms with van der Waals surface area (Å²) in [4.78, 5) is 0. The Kier molecular flexibility index (Phi) is 8.38. The van der Waals surface area contributed by atoms with Crippen LogP contribution in [0, 0.1) is 23.7 Å². The second-order valence-electron chi connectivity index (χ2n) is 13.2. The third kappa shape index (κ3) is 6.59. The molecule has 2 aliphatic carbocycles. The normalized spacial score (nSPS) is 23.8. The fourth-order valence-electron chi connectivity index (χ4n) is 7.86. The van der Waals surface area contributed by atoms with Crippen molar-refractivity contribution in [3.05, 3.63) is 95.1 Å². The van der Waals surface area contributed by atoms with Gasteiger partial charge in [-0.2, -0.15) is 0 Å². The molecule has 4 aromatic rings. The van der Waals surface area contributed by atoms with Gasteiger partial charge < -0.3 is 0 Å². The van der Waals surface area contributed by atoms with E-state index >= 15 is 0 Å². The minimum Gasteiger partial charge on any atom is -0.0613 e. The number of hydrogen-bond acceptors (Lipinski definition) is 0. The first-order valence-electron chi connectivity index (χ1n) is 16.2. The number of fused-ring (bicyclic) bond motifs is 2. The van der Waals surface area contributed by atoms with Crippen molar-refractivity contribution in [1.29, 1.82) is 0 Å². The maximum absolute atomic E-state index is 2.46. The van der Waals surface area contributed by atoms with E-state index in [4.69, 9.17) is 0 Å². The summed E-state index contributed by atoms with van der Waals surface area (Å²) >= 11 is 0. The molecule has 0 aliphatic heterocycles. The SMILES string of the molecule is CCc1ccc2cc(CC3CCC(CC4CCC(Cc5ccc6cc(CC)ccc6c5)CC4)CC3)ccc2c1. The standard InChI is InChI=1S/C39H48/c1-3-28-13-17-38-26-34(15-19-36(38)24-28)22-32-9-5-30(6-10-32)21-31-7-11-33(12-8-31)23-35-16-20-37-25-29(4-2)14-18-39(37)27-35/h13-20,24-27,30-33H,3-12,21-23H2,1-2H3. The summed E-state index contributed by atoms with van der Waals surface area (Å²) in [6, 6.07) is 28.4. The Morgan fingerprint density at radius 3 is 1.08 bits per heavy atom. The fourth-order valence-corrected chi connectivity index (χ4v) is 7.86. The first kappa shape index (κ1) is 26.6. The minimum atomic E-state index is 0.889. The number of hydrogen-bond donors (Lipinski definition) is 0. The van der Waals surface area contributed by atoms with Crippen molar-refractivity contribution in [3.8, 4) is 0 Å². The van der Waals surface area contributed by atoms with Crippen molar-refractivity contribution in [3.63, 3.8) is 0 Å². The molecule has 0 heterocycles. The van der Waals surface area contributed by atoms with E-state index in [1.54, 1.807) is 11.1 Å². The molecular weight excluding hydrogens is 468 g/mol. The van der Waals surface area contributed by atoms with Gasteiger partial charge in [0.2, 0.25) is 0 Å². The highest BCUT2D eigenvalue weighted by molar-refractivity contribution is 5.84. The van der Waals surface area contributed by atoms with Crippen molar-refractivity contribution in [2.75, 3.05) is 0 Å². The molecule has 2 fully saturated rings. The van der Waals surface area contributed by atoms with Crippen LogP contribution >= 0.6 is 0 Å². The molecule has 2 aliphatic rings. The summed E-state index contributed by atoms with van der Waals surface area (Å²) in [5.41, 5.74) is 5.98. The average molecular weight is 517 g/mol. The van der Waals surface area contributed by atoms with Crippen LogP contribution in [0.15, 0.2) is 72.8 Å². The summed E-state index contributed by atoms with van der Waals surface area (Å²) in [6.07, 6.45) is 17.9. The van der Waals surface area contributed by atoms with Crippen LogP contribution < -0.4 is 0 Å². The largest absolute Gasteiger partial charge is 0.0613 e. The molecule has 0 radical (unpaired) electrons. The van der Waals surface area contributed by atoms with Crippen LogP contribution in [0.5, 0.6) is 0 Å². The lowest BCUT2D eigenvalue weighted by molar-refractivity contribution is 0.191. The van der Waals surface area contributed by atoms with Gasteiger partial charge in [-0.25, -0.2) is 0 Å². The lowest BCUT2D eigenvalue weighted by Gasteiger charge is -2.34. The molecular formula is C39H48. The van der Waals surface area contributed by atoms with Crippen LogP contribution in [0.25, 0.3) is 21.5 Å². The number of aryl methyl sites for hydroxylation is 2. The quantitative estimate of drug-likeness (QED) is 0.218. The Morgan fingerprint density at radius 1 is 0.410 bits per heavy atom. The summed E-state index contributed by atoms with van der Waals surface area (Å²) < 4.78 is 0. The van der Waals surface area contributed by atoms with E-state index in [9.17, 15) is 0 Å². The third-order valence-electron chi connectivity index (χ3n) is 10.4. The molecule has 0 N–H and O–H groups in total. The van der Waals surface area contributed by atoms with Crippen molar-refractivity contribution < 1.29 is 0 Å². The minimum absolute atomic E-state index is 0.889. The highest BCUT2D eigenvalue weighted by Gasteiger charge is 2.27.